The third kappa shape index (κ3) is 2.98. The number of nitrogens with one attached hydrogen (secondary N) is 1. The number of carbonyl (C=O) groups is 1. The molecule has 1 unspecified atom stereocenters. The Bertz CT molecular complexity index is 347. The van der Waals surface area contributed by atoms with E-state index >= 15 is 0 Å². The molecule has 0 spiro atoms. The first-order valence-electron chi connectivity index (χ1n) is 5.14. The lowest BCUT2D eigenvalue weighted by molar-refractivity contribution is -0.119. The third-order valence-electron chi connectivity index (χ3n) is 2.43. The SMILES string of the molecule is Cc1ccccc1NC(C(N)=O)C(C)C. The van der Waals surface area contributed by atoms with E-state index in [1.807, 2.05) is 45.0 Å². The minimum absolute atomic E-state index is 0.183. The second kappa shape index (κ2) is 4.82. The van der Waals surface area contributed by atoms with Gasteiger partial charge in [-0.15, -0.1) is 0 Å². The van der Waals surface area contributed by atoms with Crippen molar-refractivity contribution in [1.29, 1.82) is 0 Å². The quantitative estimate of drug-likeness (QED) is 0.790. The average Bonchev–Trinajstić information content (AvgIpc) is 2.15. The summed E-state index contributed by atoms with van der Waals surface area (Å²) in [5, 5.41) is 3.17. The standard InChI is InChI=1S/C12H18N2O/c1-8(2)11(12(13)15)14-10-7-5-4-6-9(10)3/h4-8,11,14H,1-3H3,(H2,13,15). The van der Waals surface area contributed by atoms with Gasteiger partial charge in [0.2, 0.25) is 5.91 Å². The summed E-state index contributed by atoms with van der Waals surface area (Å²) >= 11 is 0. The highest BCUT2D eigenvalue weighted by molar-refractivity contribution is 5.83. The Hall–Kier alpha value is -1.51. The summed E-state index contributed by atoms with van der Waals surface area (Å²) in [7, 11) is 0. The van der Waals surface area contributed by atoms with Gasteiger partial charge in [0.1, 0.15) is 6.04 Å². The molecule has 0 aliphatic carbocycles. The second-order valence-corrected chi connectivity index (χ2v) is 4.08. The molecule has 82 valence electrons. The van der Waals surface area contributed by atoms with Crippen molar-refractivity contribution in [3.05, 3.63) is 29.8 Å². The number of carbonyl (C=O) groups excluding carboxylic acids is 1. The molecule has 1 amide bonds. The monoisotopic (exact) mass is 206 g/mol. The molecule has 0 aliphatic heterocycles. The van der Waals surface area contributed by atoms with E-state index in [0.717, 1.165) is 11.3 Å². The molecular weight excluding hydrogens is 188 g/mol. The molecule has 1 rings (SSSR count). The van der Waals surface area contributed by atoms with Crippen LogP contribution < -0.4 is 11.1 Å². The average molecular weight is 206 g/mol. The van der Waals surface area contributed by atoms with Crippen LogP contribution >= 0.6 is 0 Å². The van der Waals surface area contributed by atoms with Gasteiger partial charge < -0.3 is 11.1 Å². The first-order valence-corrected chi connectivity index (χ1v) is 5.14. The van der Waals surface area contributed by atoms with E-state index < -0.39 is 0 Å². The van der Waals surface area contributed by atoms with Gasteiger partial charge in [0, 0.05) is 5.69 Å². The minimum Gasteiger partial charge on any atom is -0.373 e. The van der Waals surface area contributed by atoms with Gasteiger partial charge >= 0.3 is 0 Å². The number of benzene rings is 1. The zero-order valence-corrected chi connectivity index (χ0v) is 9.45. The minimum atomic E-state index is -0.314. The maximum absolute atomic E-state index is 11.2. The Balaban J connectivity index is 2.84. The first-order chi connectivity index (χ1) is 7.02. The van der Waals surface area contributed by atoms with Crippen molar-refractivity contribution in [2.45, 2.75) is 26.8 Å². The van der Waals surface area contributed by atoms with E-state index in [0.29, 0.717) is 0 Å². The molecule has 0 aliphatic rings. The lowest BCUT2D eigenvalue weighted by Gasteiger charge is -2.21. The summed E-state index contributed by atoms with van der Waals surface area (Å²) in [5.74, 6) is -0.129. The van der Waals surface area contributed by atoms with Gasteiger partial charge in [-0.1, -0.05) is 32.0 Å². The fraction of sp³-hybridized carbons (Fsp3) is 0.417. The molecule has 1 atom stereocenters. The van der Waals surface area contributed by atoms with Crippen molar-refractivity contribution in [3.63, 3.8) is 0 Å². The number of amides is 1. The van der Waals surface area contributed by atoms with Crippen LogP contribution in [0.25, 0.3) is 0 Å². The third-order valence-corrected chi connectivity index (χ3v) is 2.43. The summed E-state index contributed by atoms with van der Waals surface area (Å²) in [6.07, 6.45) is 0. The number of aryl methyl sites for hydroxylation is 1. The Morgan fingerprint density at radius 3 is 2.40 bits per heavy atom. The molecule has 1 aromatic rings. The largest absolute Gasteiger partial charge is 0.373 e. The number of hydrogen-bond donors (Lipinski definition) is 2. The number of nitrogens with two attached hydrogens (primary N) is 1. The van der Waals surface area contributed by atoms with E-state index in [4.69, 9.17) is 5.73 Å². The Labute approximate surface area is 90.7 Å². The van der Waals surface area contributed by atoms with Crippen molar-refractivity contribution in [2.24, 2.45) is 11.7 Å². The number of hydrogen-bond acceptors (Lipinski definition) is 2. The highest BCUT2D eigenvalue weighted by atomic mass is 16.1. The fourth-order valence-electron chi connectivity index (χ4n) is 1.47. The molecule has 3 nitrogen and oxygen atoms in total. The van der Waals surface area contributed by atoms with Crippen LogP contribution in [0.5, 0.6) is 0 Å². The number of rotatable bonds is 4. The maximum Gasteiger partial charge on any atom is 0.240 e. The molecule has 3 heteroatoms. The zero-order valence-electron chi connectivity index (χ0n) is 9.45. The summed E-state index contributed by atoms with van der Waals surface area (Å²) in [6, 6.07) is 7.54. The van der Waals surface area contributed by atoms with Crippen LogP contribution in [0.1, 0.15) is 19.4 Å². The van der Waals surface area contributed by atoms with Gasteiger partial charge in [-0.25, -0.2) is 0 Å². The van der Waals surface area contributed by atoms with Crippen molar-refractivity contribution in [3.8, 4) is 0 Å². The molecule has 1 aromatic carbocycles. The Morgan fingerprint density at radius 1 is 1.33 bits per heavy atom. The smallest absolute Gasteiger partial charge is 0.240 e. The molecule has 0 fully saturated rings. The molecule has 0 radical (unpaired) electrons. The predicted molar refractivity (Wildman–Crippen MR) is 62.6 cm³/mol. The summed E-state index contributed by atoms with van der Waals surface area (Å²) < 4.78 is 0. The maximum atomic E-state index is 11.2. The number of anilines is 1. The van der Waals surface area contributed by atoms with Crippen LogP contribution in [-0.4, -0.2) is 11.9 Å². The van der Waals surface area contributed by atoms with Gasteiger partial charge in [0.15, 0.2) is 0 Å². The van der Waals surface area contributed by atoms with Crippen molar-refractivity contribution < 1.29 is 4.79 Å². The number of primary amides is 1. The fourth-order valence-corrected chi connectivity index (χ4v) is 1.47. The molecule has 0 heterocycles. The summed E-state index contributed by atoms with van der Waals surface area (Å²) in [6.45, 7) is 5.95. The first kappa shape index (κ1) is 11.6. The second-order valence-electron chi connectivity index (χ2n) is 4.08. The van der Waals surface area contributed by atoms with Gasteiger partial charge in [0.05, 0.1) is 0 Å². The van der Waals surface area contributed by atoms with Crippen LogP contribution in [0.15, 0.2) is 24.3 Å². The van der Waals surface area contributed by atoms with Crippen LogP contribution in [0.3, 0.4) is 0 Å². The normalized spacial score (nSPS) is 12.5. The van der Waals surface area contributed by atoms with E-state index in [1.165, 1.54) is 0 Å². The molecule has 3 N–H and O–H groups in total. The Morgan fingerprint density at radius 2 is 1.93 bits per heavy atom. The van der Waals surface area contributed by atoms with Gasteiger partial charge in [-0.3, -0.25) is 4.79 Å². The van der Waals surface area contributed by atoms with Gasteiger partial charge in [-0.2, -0.15) is 0 Å². The number of para-hydroxylation sites is 1. The van der Waals surface area contributed by atoms with Crippen LogP contribution in [0.4, 0.5) is 5.69 Å². The molecule has 0 bridgehead atoms. The highest BCUT2D eigenvalue weighted by Gasteiger charge is 2.19. The molecule has 0 saturated carbocycles. The molecule has 0 saturated heterocycles. The van der Waals surface area contributed by atoms with E-state index in [1.54, 1.807) is 0 Å². The summed E-state index contributed by atoms with van der Waals surface area (Å²) in [4.78, 5) is 11.2. The van der Waals surface area contributed by atoms with E-state index in [-0.39, 0.29) is 17.9 Å². The van der Waals surface area contributed by atoms with Crippen molar-refractivity contribution in [2.75, 3.05) is 5.32 Å². The van der Waals surface area contributed by atoms with E-state index in [9.17, 15) is 4.79 Å². The van der Waals surface area contributed by atoms with Crippen LogP contribution in [-0.2, 0) is 4.79 Å². The highest BCUT2D eigenvalue weighted by Crippen LogP contribution is 2.16. The van der Waals surface area contributed by atoms with E-state index in [2.05, 4.69) is 5.32 Å². The van der Waals surface area contributed by atoms with Crippen LogP contribution in [0.2, 0.25) is 0 Å². The lowest BCUT2D eigenvalue weighted by atomic mass is 10.0. The zero-order chi connectivity index (χ0) is 11.4. The van der Waals surface area contributed by atoms with Crippen molar-refractivity contribution >= 4 is 11.6 Å². The van der Waals surface area contributed by atoms with Crippen LogP contribution in [0, 0.1) is 12.8 Å². The topological polar surface area (TPSA) is 55.1 Å². The van der Waals surface area contributed by atoms with Gasteiger partial charge in [0.25, 0.3) is 0 Å². The molecule has 15 heavy (non-hydrogen) atoms. The van der Waals surface area contributed by atoms with Gasteiger partial charge in [-0.05, 0) is 24.5 Å². The summed E-state index contributed by atoms with van der Waals surface area (Å²) in [5.41, 5.74) is 7.42. The Kier molecular flexibility index (Phi) is 3.72. The molecule has 0 aromatic heterocycles. The molecular formula is C12H18N2O. The van der Waals surface area contributed by atoms with Crippen molar-refractivity contribution in [1.82, 2.24) is 0 Å². The predicted octanol–water partition coefficient (Wildman–Crippen LogP) is 1.92. The lowest BCUT2D eigenvalue weighted by Crippen LogP contribution is -2.39.